The van der Waals surface area contributed by atoms with Gasteiger partial charge in [0, 0.05) is 25.1 Å². The molecular weight excluding hydrogens is 321 g/mol. The molecule has 1 amide bonds. The van der Waals surface area contributed by atoms with E-state index in [0.29, 0.717) is 37.1 Å². The van der Waals surface area contributed by atoms with Gasteiger partial charge in [0.15, 0.2) is 0 Å². The van der Waals surface area contributed by atoms with Crippen LogP contribution in [0.25, 0.3) is 11.0 Å². The second-order valence-corrected chi connectivity index (χ2v) is 5.74. The minimum Gasteiger partial charge on any atom is -0.377 e. The third kappa shape index (κ3) is 4.64. The van der Waals surface area contributed by atoms with E-state index in [1.54, 1.807) is 6.07 Å². The van der Waals surface area contributed by atoms with Crippen molar-refractivity contribution in [3.05, 3.63) is 65.7 Å². The number of nitrogens with zero attached hydrogens (tertiary/aromatic N) is 1. The highest BCUT2D eigenvalue weighted by molar-refractivity contribution is 5.80. The van der Waals surface area contributed by atoms with Crippen molar-refractivity contribution in [1.82, 2.24) is 15.3 Å². The first kappa shape index (κ1) is 17.1. The van der Waals surface area contributed by atoms with Gasteiger partial charge in [-0.25, -0.2) is 9.37 Å². The van der Waals surface area contributed by atoms with Gasteiger partial charge in [-0.2, -0.15) is 0 Å². The highest BCUT2D eigenvalue weighted by Gasteiger charge is 2.11. The van der Waals surface area contributed by atoms with E-state index in [-0.39, 0.29) is 18.3 Å². The second kappa shape index (κ2) is 8.39. The van der Waals surface area contributed by atoms with E-state index in [2.05, 4.69) is 15.3 Å². The summed E-state index contributed by atoms with van der Waals surface area (Å²) in [6, 6.07) is 12.9. The number of hydrogen-bond acceptors (Lipinski definition) is 3. The molecule has 0 fully saturated rings. The molecule has 1 heterocycles. The number of imidazole rings is 1. The maximum absolute atomic E-state index is 13.9. The Balaban J connectivity index is 1.39. The van der Waals surface area contributed by atoms with Gasteiger partial charge in [0.2, 0.25) is 5.91 Å². The highest BCUT2D eigenvalue weighted by atomic mass is 19.1. The van der Waals surface area contributed by atoms with Crippen LogP contribution in [0.1, 0.15) is 24.0 Å². The molecule has 6 heteroatoms. The third-order valence-electron chi connectivity index (χ3n) is 3.91. The lowest BCUT2D eigenvalue weighted by Gasteiger charge is -2.08. The van der Waals surface area contributed by atoms with Gasteiger partial charge in [-0.05, 0) is 24.1 Å². The van der Waals surface area contributed by atoms with Crippen molar-refractivity contribution in [2.75, 3.05) is 6.61 Å². The molecule has 0 saturated heterocycles. The molecular formula is C19H20FN3O2. The first-order valence-corrected chi connectivity index (χ1v) is 8.23. The molecule has 0 spiro atoms. The minimum atomic E-state index is -0.369. The molecule has 130 valence electrons. The maximum atomic E-state index is 13.9. The van der Waals surface area contributed by atoms with E-state index in [0.717, 1.165) is 11.1 Å². The zero-order valence-corrected chi connectivity index (χ0v) is 13.8. The quantitative estimate of drug-likeness (QED) is 0.618. The van der Waals surface area contributed by atoms with Crippen LogP contribution in [0.2, 0.25) is 0 Å². The fourth-order valence-electron chi connectivity index (χ4n) is 2.58. The van der Waals surface area contributed by atoms with Crippen LogP contribution in [0, 0.1) is 5.82 Å². The standard InChI is InChI=1S/C19H20FN3O2/c20-16-8-9-17-19(23-13-22-17)15(16)11-21-18(24)7-4-10-25-12-14-5-2-1-3-6-14/h1-3,5-6,8-9,13H,4,7,10-12H2,(H,21,24)(H,22,23). The van der Waals surface area contributed by atoms with E-state index in [1.165, 1.54) is 12.4 Å². The smallest absolute Gasteiger partial charge is 0.220 e. The van der Waals surface area contributed by atoms with Crippen molar-refractivity contribution in [2.45, 2.75) is 26.0 Å². The first-order chi connectivity index (χ1) is 12.2. The molecule has 5 nitrogen and oxygen atoms in total. The summed E-state index contributed by atoms with van der Waals surface area (Å²) in [5, 5.41) is 2.74. The molecule has 2 aromatic carbocycles. The Labute approximate surface area is 145 Å². The van der Waals surface area contributed by atoms with E-state index in [9.17, 15) is 9.18 Å². The summed E-state index contributed by atoms with van der Waals surface area (Å²) < 4.78 is 19.5. The molecule has 0 aliphatic carbocycles. The second-order valence-electron chi connectivity index (χ2n) is 5.74. The number of halogens is 1. The summed E-state index contributed by atoms with van der Waals surface area (Å²) in [6.07, 6.45) is 2.47. The van der Waals surface area contributed by atoms with Gasteiger partial charge in [0.05, 0.1) is 24.0 Å². The van der Waals surface area contributed by atoms with E-state index in [4.69, 9.17) is 4.74 Å². The number of hydrogen-bond donors (Lipinski definition) is 2. The number of nitrogens with one attached hydrogen (secondary N) is 2. The Kier molecular flexibility index (Phi) is 5.74. The maximum Gasteiger partial charge on any atom is 0.220 e. The number of benzene rings is 2. The van der Waals surface area contributed by atoms with Crippen LogP contribution >= 0.6 is 0 Å². The molecule has 3 rings (SSSR count). The number of carbonyl (C=O) groups excluding carboxylic acids is 1. The van der Waals surface area contributed by atoms with Crippen molar-refractivity contribution in [3.8, 4) is 0 Å². The lowest BCUT2D eigenvalue weighted by atomic mass is 10.1. The van der Waals surface area contributed by atoms with Gasteiger partial charge in [-0.15, -0.1) is 0 Å². The van der Waals surface area contributed by atoms with Crippen molar-refractivity contribution in [1.29, 1.82) is 0 Å². The molecule has 0 bridgehead atoms. The molecule has 0 aliphatic rings. The molecule has 0 radical (unpaired) electrons. The number of aromatic amines is 1. The zero-order chi connectivity index (χ0) is 17.5. The Bertz CT molecular complexity index is 833. The summed E-state index contributed by atoms with van der Waals surface area (Å²) in [4.78, 5) is 19.0. The van der Waals surface area contributed by atoms with E-state index >= 15 is 0 Å². The van der Waals surface area contributed by atoms with Crippen LogP contribution in [0.5, 0.6) is 0 Å². The molecule has 3 aromatic rings. The fourth-order valence-corrected chi connectivity index (χ4v) is 2.58. The Morgan fingerprint density at radius 1 is 1.20 bits per heavy atom. The van der Waals surface area contributed by atoms with Gasteiger partial charge in [0.1, 0.15) is 5.82 Å². The SMILES string of the molecule is O=C(CCCOCc1ccccc1)NCc1c(F)ccc2[nH]cnc12. The summed E-state index contributed by atoms with van der Waals surface area (Å²) >= 11 is 0. The molecule has 1 aromatic heterocycles. The largest absolute Gasteiger partial charge is 0.377 e. The van der Waals surface area contributed by atoms with Gasteiger partial charge in [0.25, 0.3) is 0 Å². The van der Waals surface area contributed by atoms with Gasteiger partial charge < -0.3 is 15.0 Å². The zero-order valence-electron chi connectivity index (χ0n) is 13.8. The first-order valence-electron chi connectivity index (χ1n) is 8.23. The number of H-pyrrole nitrogens is 1. The predicted octanol–water partition coefficient (Wildman–Crippen LogP) is 3.32. The Hall–Kier alpha value is -2.73. The molecule has 0 saturated carbocycles. The number of aromatic nitrogens is 2. The monoisotopic (exact) mass is 341 g/mol. The topological polar surface area (TPSA) is 67.0 Å². The number of ether oxygens (including phenoxy) is 1. The highest BCUT2D eigenvalue weighted by Crippen LogP contribution is 2.18. The molecule has 0 aliphatic heterocycles. The van der Waals surface area contributed by atoms with Crippen LogP contribution in [-0.2, 0) is 22.7 Å². The normalized spacial score (nSPS) is 10.9. The number of carbonyl (C=O) groups is 1. The van der Waals surface area contributed by atoms with Crippen molar-refractivity contribution >= 4 is 16.9 Å². The lowest BCUT2D eigenvalue weighted by molar-refractivity contribution is -0.121. The number of amides is 1. The fraction of sp³-hybridized carbons (Fsp3) is 0.263. The third-order valence-corrected chi connectivity index (χ3v) is 3.91. The van der Waals surface area contributed by atoms with Crippen LogP contribution in [0.3, 0.4) is 0 Å². The lowest BCUT2D eigenvalue weighted by Crippen LogP contribution is -2.23. The van der Waals surface area contributed by atoms with E-state index in [1.807, 2.05) is 30.3 Å². The number of rotatable bonds is 8. The van der Waals surface area contributed by atoms with Gasteiger partial charge >= 0.3 is 0 Å². The van der Waals surface area contributed by atoms with Crippen LogP contribution in [0.4, 0.5) is 4.39 Å². The molecule has 2 N–H and O–H groups in total. The summed E-state index contributed by atoms with van der Waals surface area (Å²) in [5.41, 5.74) is 2.80. The molecule has 0 atom stereocenters. The summed E-state index contributed by atoms with van der Waals surface area (Å²) in [7, 11) is 0. The molecule has 0 unspecified atom stereocenters. The Morgan fingerprint density at radius 3 is 2.88 bits per heavy atom. The van der Waals surface area contributed by atoms with Crippen LogP contribution in [0.15, 0.2) is 48.8 Å². The van der Waals surface area contributed by atoms with Gasteiger partial charge in [-0.3, -0.25) is 4.79 Å². The van der Waals surface area contributed by atoms with Crippen molar-refractivity contribution < 1.29 is 13.9 Å². The minimum absolute atomic E-state index is 0.123. The molecule has 25 heavy (non-hydrogen) atoms. The van der Waals surface area contributed by atoms with Gasteiger partial charge in [-0.1, -0.05) is 30.3 Å². The average Bonchev–Trinajstić information content (AvgIpc) is 3.10. The van der Waals surface area contributed by atoms with E-state index < -0.39 is 0 Å². The summed E-state index contributed by atoms with van der Waals surface area (Å²) in [6.45, 7) is 1.16. The average molecular weight is 341 g/mol. The van der Waals surface area contributed by atoms with Crippen LogP contribution in [-0.4, -0.2) is 22.5 Å². The van der Waals surface area contributed by atoms with Crippen molar-refractivity contribution in [3.63, 3.8) is 0 Å². The Morgan fingerprint density at radius 2 is 2.04 bits per heavy atom. The summed E-state index contributed by atoms with van der Waals surface area (Å²) in [5.74, 6) is -0.499. The number of fused-ring (bicyclic) bond motifs is 1. The predicted molar refractivity (Wildman–Crippen MR) is 93.2 cm³/mol. The van der Waals surface area contributed by atoms with Crippen molar-refractivity contribution in [2.24, 2.45) is 0 Å². The van der Waals surface area contributed by atoms with Crippen LogP contribution < -0.4 is 5.32 Å².